The van der Waals surface area contributed by atoms with Crippen LogP contribution in [0.2, 0.25) is 0 Å². The first kappa shape index (κ1) is 14.5. The maximum atomic E-state index is 13.1. The molecule has 0 amide bonds. The maximum Gasteiger partial charge on any atom is 0.123 e. The summed E-state index contributed by atoms with van der Waals surface area (Å²) in [6.07, 6.45) is 3.27. The monoisotopic (exact) mass is 264 g/mol. The first-order chi connectivity index (χ1) is 9.17. The van der Waals surface area contributed by atoms with Crippen LogP contribution in [0.5, 0.6) is 0 Å². The van der Waals surface area contributed by atoms with E-state index in [1.807, 2.05) is 6.07 Å². The molecule has 0 saturated carbocycles. The largest absolute Gasteiger partial charge is 0.309 e. The van der Waals surface area contributed by atoms with E-state index < -0.39 is 0 Å². The first-order valence-electron chi connectivity index (χ1n) is 7.39. The third kappa shape index (κ3) is 3.77. The molecule has 1 saturated heterocycles. The summed E-state index contributed by atoms with van der Waals surface area (Å²) in [7, 11) is 0. The van der Waals surface area contributed by atoms with E-state index in [0.717, 1.165) is 38.2 Å². The zero-order valence-electron chi connectivity index (χ0n) is 12.1. The Kier molecular flexibility index (Phi) is 4.94. The van der Waals surface area contributed by atoms with Crippen molar-refractivity contribution in [2.24, 2.45) is 0 Å². The molecule has 1 heterocycles. The predicted octanol–water partition coefficient (Wildman–Crippen LogP) is 2.83. The van der Waals surface area contributed by atoms with Gasteiger partial charge in [0.05, 0.1) is 0 Å². The van der Waals surface area contributed by atoms with Crippen molar-refractivity contribution in [2.75, 3.05) is 26.2 Å². The second-order valence-electron chi connectivity index (χ2n) is 5.57. The second-order valence-corrected chi connectivity index (χ2v) is 5.57. The Balaban J connectivity index is 1.89. The van der Waals surface area contributed by atoms with Crippen molar-refractivity contribution in [3.63, 3.8) is 0 Å². The Morgan fingerprint density at radius 2 is 2.11 bits per heavy atom. The fourth-order valence-electron chi connectivity index (χ4n) is 2.94. The summed E-state index contributed by atoms with van der Waals surface area (Å²) >= 11 is 0. The van der Waals surface area contributed by atoms with Gasteiger partial charge in [-0.15, -0.1) is 0 Å². The topological polar surface area (TPSA) is 15.3 Å². The predicted molar refractivity (Wildman–Crippen MR) is 77.9 cm³/mol. The summed E-state index contributed by atoms with van der Waals surface area (Å²) in [6, 6.07) is 6.96. The third-order valence-electron chi connectivity index (χ3n) is 4.41. The van der Waals surface area contributed by atoms with Crippen molar-refractivity contribution >= 4 is 0 Å². The highest BCUT2D eigenvalue weighted by atomic mass is 19.1. The molecule has 1 aliphatic heterocycles. The van der Waals surface area contributed by atoms with Gasteiger partial charge in [-0.3, -0.25) is 4.90 Å². The van der Waals surface area contributed by atoms with Crippen LogP contribution in [0.4, 0.5) is 4.39 Å². The molecule has 1 N–H and O–H groups in total. The van der Waals surface area contributed by atoms with Crippen molar-refractivity contribution in [3.8, 4) is 0 Å². The number of nitrogens with one attached hydrogen (secondary N) is 1. The molecule has 1 fully saturated rings. The lowest BCUT2D eigenvalue weighted by Crippen LogP contribution is -2.60. The highest BCUT2D eigenvalue weighted by Gasteiger charge is 2.31. The van der Waals surface area contributed by atoms with Crippen LogP contribution in [-0.4, -0.2) is 36.6 Å². The molecular weight excluding hydrogens is 239 g/mol. The van der Waals surface area contributed by atoms with Crippen LogP contribution in [0.3, 0.4) is 0 Å². The smallest absolute Gasteiger partial charge is 0.123 e. The Hall–Kier alpha value is -0.930. The van der Waals surface area contributed by atoms with E-state index in [4.69, 9.17) is 0 Å². The Morgan fingerprint density at radius 3 is 2.79 bits per heavy atom. The summed E-state index contributed by atoms with van der Waals surface area (Å²) in [4.78, 5) is 2.51. The van der Waals surface area contributed by atoms with Gasteiger partial charge in [0.15, 0.2) is 0 Å². The van der Waals surface area contributed by atoms with E-state index >= 15 is 0 Å². The quantitative estimate of drug-likeness (QED) is 0.880. The molecule has 2 rings (SSSR count). The van der Waals surface area contributed by atoms with E-state index in [9.17, 15) is 4.39 Å². The van der Waals surface area contributed by atoms with Gasteiger partial charge in [0, 0.05) is 31.7 Å². The van der Waals surface area contributed by atoms with Crippen LogP contribution < -0.4 is 5.32 Å². The Bertz CT molecular complexity index is 401. The molecule has 106 valence electrons. The van der Waals surface area contributed by atoms with Crippen LogP contribution in [0.15, 0.2) is 24.3 Å². The van der Waals surface area contributed by atoms with Crippen LogP contribution in [0.1, 0.15) is 32.3 Å². The summed E-state index contributed by atoms with van der Waals surface area (Å²) in [5, 5.41) is 3.67. The van der Waals surface area contributed by atoms with E-state index in [2.05, 4.69) is 24.1 Å². The SMILES string of the molecule is CCC1(CC)CN(CCc2cccc(F)c2)CCN1. The van der Waals surface area contributed by atoms with Gasteiger partial charge < -0.3 is 5.32 Å². The summed E-state index contributed by atoms with van der Waals surface area (Å²) in [6.45, 7) is 8.79. The van der Waals surface area contributed by atoms with Crippen LogP contribution in [0, 0.1) is 5.82 Å². The Labute approximate surface area is 116 Å². The lowest BCUT2D eigenvalue weighted by atomic mass is 9.90. The lowest BCUT2D eigenvalue weighted by Gasteiger charge is -2.43. The van der Waals surface area contributed by atoms with Gasteiger partial charge in [0.1, 0.15) is 5.82 Å². The molecule has 1 aliphatic rings. The van der Waals surface area contributed by atoms with Crippen LogP contribution >= 0.6 is 0 Å². The first-order valence-corrected chi connectivity index (χ1v) is 7.39. The van der Waals surface area contributed by atoms with Crippen LogP contribution in [0.25, 0.3) is 0 Å². The number of hydrogen-bond donors (Lipinski definition) is 1. The number of benzene rings is 1. The molecule has 19 heavy (non-hydrogen) atoms. The van der Waals surface area contributed by atoms with Gasteiger partial charge in [0.25, 0.3) is 0 Å². The third-order valence-corrected chi connectivity index (χ3v) is 4.41. The standard InChI is InChI=1S/C16H25FN2/c1-3-16(4-2)13-19(11-9-18-16)10-8-14-6-5-7-15(17)12-14/h5-7,12,18H,3-4,8-11,13H2,1-2H3. The van der Waals surface area contributed by atoms with Crippen LogP contribution in [-0.2, 0) is 6.42 Å². The van der Waals surface area contributed by atoms with E-state index in [-0.39, 0.29) is 11.4 Å². The van der Waals surface area contributed by atoms with Crippen molar-refractivity contribution in [1.82, 2.24) is 10.2 Å². The molecule has 1 aromatic rings. The number of nitrogens with zero attached hydrogens (tertiary/aromatic N) is 1. The molecular formula is C16H25FN2. The number of rotatable bonds is 5. The molecule has 0 atom stereocenters. The van der Waals surface area contributed by atoms with Crippen molar-refractivity contribution < 1.29 is 4.39 Å². The van der Waals surface area contributed by atoms with Gasteiger partial charge in [-0.25, -0.2) is 4.39 Å². The van der Waals surface area contributed by atoms with E-state index in [0.29, 0.717) is 0 Å². The van der Waals surface area contributed by atoms with Crippen molar-refractivity contribution in [2.45, 2.75) is 38.6 Å². The molecule has 1 aromatic carbocycles. The minimum atomic E-state index is -0.130. The van der Waals surface area contributed by atoms with Gasteiger partial charge in [-0.2, -0.15) is 0 Å². The highest BCUT2D eigenvalue weighted by Crippen LogP contribution is 2.20. The number of piperazine rings is 1. The summed E-state index contributed by atoms with van der Waals surface area (Å²) in [5.74, 6) is -0.130. The molecule has 0 aliphatic carbocycles. The molecule has 0 spiro atoms. The summed E-state index contributed by atoms with van der Waals surface area (Å²) < 4.78 is 13.1. The molecule has 2 nitrogen and oxygen atoms in total. The number of hydrogen-bond acceptors (Lipinski definition) is 2. The molecule has 0 radical (unpaired) electrons. The molecule has 3 heteroatoms. The minimum absolute atomic E-state index is 0.130. The Morgan fingerprint density at radius 1 is 1.32 bits per heavy atom. The fraction of sp³-hybridized carbons (Fsp3) is 0.625. The van der Waals surface area contributed by atoms with Gasteiger partial charge >= 0.3 is 0 Å². The fourth-order valence-corrected chi connectivity index (χ4v) is 2.94. The average Bonchev–Trinajstić information content (AvgIpc) is 2.45. The molecule has 0 unspecified atom stereocenters. The molecule has 0 aromatic heterocycles. The van der Waals surface area contributed by atoms with Crippen molar-refractivity contribution in [1.29, 1.82) is 0 Å². The summed E-state index contributed by atoms with van der Waals surface area (Å²) in [5.41, 5.74) is 1.37. The zero-order chi connectivity index (χ0) is 13.7. The van der Waals surface area contributed by atoms with E-state index in [1.54, 1.807) is 12.1 Å². The minimum Gasteiger partial charge on any atom is -0.309 e. The highest BCUT2D eigenvalue weighted by molar-refractivity contribution is 5.16. The van der Waals surface area contributed by atoms with Gasteiger partial charge in [-0.05, 0) is 37.0 Å². The van der Waals surface area contributed by atoms with Gasteiger partial charge in [-0.1, -0.05) is 26.0 Å². The molecule has 0 bridgehead atoms. The average molecular weight is 264 g/mol. The lowest BCUT2D eigenvalue weighted by molar-refractivity contribution is 0.125. The number of halogens is 1. The van der Waals surface area contributed by atoms with Gasteiger partial charge in [0.2, 0.25) is 0 Å². The van der Waals surface area contributed by atoms with E-state index in [1.165, 1.54) is 18.9 Å². The second kappa shape index (κ2) is 6.49. The zero-order valence-corrected chi connectivity index (χ0v) is 12.1. The normalized spacial score (nSPS) is 19.5. The maximum absolute atomic E-state index is 13.1. The van der Waals surface area contributed by atoms with Crippen molar-refractivity contribution in [3.05, 3.63) is 35.6 Å².